The van der Waals surface area contributed by atoms with E-state index in [9.17, 15) is 4.79 Å². The lowest BCUT2D eigenvalue weighted by Gasteiger charge is -2.01. The fourth-order valence-corrected chi connectivity index (χ4v) is 3.65. The smallest absolute Gasteiger partial charge is 0.313 e. The highest BCUT2D eigenvalue weighted by Crippen LogP contribution is 2.33. The summed E-state index contributed by atoms with van der Waals surface area (Å²) in [7, 11) is 0. The Morgan fingerprint density at radius 1 is 1.40 bits per heavy atom. The first kappa shape index (κ1) is 15.0. The number of aromatic nitrogens is 4. The van der Waals surface area contributed by atoms with Gasteiger partial charge < -0.3 is 5.11 Å². The number of rotatable bonds is 6. The van der Waals surface area contributed by atoms with Crippen LogP contribution >= 0.6 is 23.1 Å². The predicted octanol–water partition coefficient (Wildman–Crippen LogP) is 2.61. The minimum absolute atomic E-state index is 0.00168. The van der Waals surface area contributed by atoms with Gasteiger partial charge in [0.25, 0.3) is 0 Å². The van der Waals surface area contributed by atoms with E-state index in [4.69, 9.17) is 5.11 Å². The van der Waals surface area contributed by atoms with Crippen LogP contribution in [0.2, 0.25) is 0 Å². The van der Waals surface area contributed by atoms with Crippen LogP contribution < -0.4 is 0 Å². The van der Waals surface area contributed by atoms with Crippen LogP contribution in [0.3, 0.4) is 0 Å². The van der Waals surface area contributed by atoms with Crippen molar-refractivity contribution in [1.82, 2.24) is 20.0 Å². The van der Waals surface area contributed by atoms with Crippen molar-refractivity contribution in [2.45, 2.75) is 38.1 Å². The van der Waals surface area contributed by atoms with E-state index in [2.05, 4.69) is 22.2 Å². The highest BCUT2D eigenvalue weighted by Gasteiger charge is 2.17. The Kier molecular flexibility index (Phi) is 4.77. The number of thioether (sulfide) groups is 1. The van der Waals surface area contributed by atoms with E-state index >= 15 is 0 Å². The first-order valence-electron chi connectivity index (χ1n) is 6.25. The van der Waals surface area contributed by atoms with Gasteiger partial charge in [-0.05, 0) is 20.3 Å². The Bertz CT molecular complexity index is 621. The molecule has 20 heavy (non-hydrogen) atoms. The van der Waals surface area contributed by atoms with Crippen molar-refractivity contribution < 1.29 is 9.90 Å². The van der Waals surface area contributed by atoms with Gasteiger partial charge in [-0.2, -0.15) is 5.10 Å². The van der Waals surface area contributed by atoms with Gasteiger partial charge in [-0.25, -0.2) is 0 Å². The van der Waals surface area contributed by atoms with Crippen LogP contribution in [0, 0.1) is 13.8 Å². The third-order valence-corrected chi connectivity index (χ3v) is 4.82. The summed E-state index contributed by atoms with van der Waals surface area (Å²) in [6.45, 7) is 6.98. The Balaban J connectivity index is 2.25. The summed E-state index contributed by atoms with van der Waals surface area (Å²) in [5.74, 6) is -0.850. The quantitative estimate of drug-likeness (QED) is 0.826. The van der Waals surface area contributed by atoms with E-state index in [-0.39, 0.29) is 5.75 Å². The lowest BCUT2D eigenvalue weighted by molar-refractivity contribution is -0.133. The average Bonchev–Trinajstić information content (AvgIpc) is 2.93. The van der Waals surface area contributed by atoms with Crippen LogP contribution in [0.25, 0.3) is 10.6 Å². The Morgan fingerprint density at radius 2 is 2.15 bits per heavy atom. The molecule has 108 valence electrons. The highest BCUT2D eigenvalue weighted by molar-refractivity contribution is 8.01. The second-order valence-corrected chi connectivity index (χ2v) is 6.52. The fourth-order valence-electron chi connectivity index (χ4n) is 1.93. The van der Waals surface area contributed by atoms with Gasteiger partial charge in [0, 0.05) is 12.2 Å². The van der Waals surface area contributed by atoms with Crippen LogP contribution in [0.4, 0.5) is 0 Å². The topological polar surface area (TPSA) is 80.9 Å². The fraction of sp³-hybridized carbons (Fsp3) is 0.500. The first-order chi connectivity index (χ1) is 9.52. The molecule has 2 heterocycles. The van der Waals surface area contributed by atoms with Gasteiger partial charge in [0.1, 0.15) is 0 Å². The zero-order valence-electron chi connectivity index (χ0n) is 11.6. The molecule has 0 saturated heterocycles. The van der Waals surface area contributed by atoms with Crippen molar-refractivity contribution in [3.63, 3.8) is 0 Å². The van der Waals surface area contributed by atoms with E-state index < -0.39 is 5.97 Å². The summed E-state index contributed by atoms with van der Waals surface area (Å²) in [5.41, 5.74) is 3.02. The van der Waals surface area contributed by atoms with Crippen LogP contribution in [-0.2, 0) is 11.3 Å². The predicted molar refractivity (Wildman–Crippen MR) is 79.3 cm³/mol. The molecule has 0 radical (unpaired) electrons. The van der Waals surface area contributed by atoms with Gasteiger partial charge in [-0.15, -0.1) is 10.2 Å². The number of carboxylic acids is 1. The third kappa shape index (κ3) is 3.18. The van der Waals surface area contributed by atoms with Gasteiger partial charge in [0.2, 0.25) is 0 Å². The Labute approximate surface area is 125 Å². The molecule has 0 atom stereocenters. The molecule has 0 amide bonds. The monoisotopic (exact) mass is 312 g/mol. The molecule has 6 nitrogen and oxygen atoms in total. The molecule has 8 heteroatoms. The summed E-state index contributed by atoms with van der Waals surface area (Å²) >= 11 is 2.60. The minimum atomic E-state index is -0.852. The maximum atomic E-state index is 10.6. The molecular formula is C12H16N4O2S2. The highest BCUT2D eigenvalue weighted by atomic mass is 32.2. The molecule has 0 saturated carbocycles. The lowest BCUT2D eigenvalue weighted by atomic mass is 10.2. The van der Waals surface area contributed by atoms with Crippen molar-refractivity contribution in [2.75, 3.05) is 5.75 Å². The number of aliphatic carboxylic acids is 1. The zero-order chi connectivity index (χ0) is 14.7. The third-order valence-electron chi connectivity index (χ3n) is 2.76. The van der Waals surface area contributed by atoms with Crippen molar-refractivity contribution in [1.29, 1.82) is 0 Å². The first-order valence-corrected chi connectivity index (χ1v) is 8.05. The molecule has 2 aromatic heterocycles. The largest absolute Gasteiger partial charge is 0.481 e. The Morgan fingerprint density at radius 3 is 2.80 bits per heavy atom. The van der Waals surface area contributed by atoms with Crippen LogP contribution in [0.15, 0.2) is 4.34 Å². The molecular weight excluding hydrogens is 296 g/mol. The van der Waals surface area contributed by atoms with Crippen molar-refractivity contribution in [2.24, 2.45) is 0 Å². The summed E-state index contributed by atoms with van der Waals surface area (Å²) in [6, 6.07) is 0. The van der Waals surface area contributed by atoms with E-state index in [0.29, 0.717) is 4.34 Å². The van der Waals surface area contributed by atoms with Crippen LogP contribution in [0.1, 0.15) is 24.7 Å². The van der Waals surface area contributed by atoms with E-state index in [1.165, 1.54) is 23.1 Å². The minimum Gasteiger partial charge on any atom is -0.481 e. The van der Waals surface area contributed by atoms with Crippen molar-refractivity contribution >= 4 is 29.1 Å². The van der Waals surface area contributed by atoms with E-state index in [0.717, 1.165) is 34.9 Å². The molecule has 0 aliphatic rings. The maximum absolute atomic E-state index is 10.6. The van der Waals surface area contributed by atoms with Crippen molar-refractivity contribution in [3.05, 3.63) is 11.4 Å². The standard InChI is InChI=1S/C12H16N4O2S2/c1-4-5-16-8(3)10(7(2)15-16)11-13-14-12(20-11)19-6-9(17)18/h4-6H2,1-3H3,(H,17,18). The number of hydrogen-bond acceptors (Lipinski definition) is 6. The van der Waals surface area contributed by atoms with Gasteiger partial charge in [0.05, 0.1) is 17.0 Å². The van der Waals surface area contributed by atoms with Gasteiger partial charge in [-0.3, -0.25) is 9.48 Å². The SMILES string of the molecule is CCCn1nc(C)c(-c2nnc(SCC(=O)O)s2)c1C. The number of carbonyl (C=O) groups is 1. The number of carboxylic acid groups (broad SMARTS) is 1. The molecule has 0 aromatic carbocycles. The van der Waals surface area contributed by atoms with E-state index in [1.807, 2.05) is 18.5 Å². The number of hydrogen-bond donors (Lipinski definition) is 1. The second kappa shape index (κ2) is 6.36. The summed E-state index contributed by atoms with van der Waals surface area (Å²) in [5, 5.41) is 22.2. The van der Waals surface area contributed by atoms with Crippen LogP contribution in [0.5, 0.6) is 0 Å². The van der Waals surface area contributed by atoms with Crippen LogP contribution in [-0.4, -0.2) is 36.8 Å². The normalized spacial score (nSPS) is 10.9. The van der Waals surface area contributed by atoms with Gasteiger partial charge >= 0.3 is 5.97 Å². The average molecular weight is 312 g/mol. The molecule has 0 spiro atoms. The molecule has 2 aromatic rings. The zero-order valence-corrected chi connectivity index (χ0v) is 13.2. The summed E-state index contributed by atoms with van der Waals surface area (Å²) in [6.07, 6.45) is 1.03. The molecule has 0 aliphatic carbocycles. The van der Waals surface area contributed by atoms with Gasteiger partial charge in [0.15, 0.2) is 9.35 Å². The van der Waals surface area contributed by atoms with Crippen molar-refractivity contribution in [3.8, 4) is 10.6 Å². The molecule has 0 unspecified atom stereocenters. The molecule has 0 aliphatic heterocycles. The van der Waals surface area contributed by atoms with Gasteiger partial charge in [-0.1, -0.05) is 30.0 Å². The van der Waals surface area contributed by atoms with E-state index in [1.54, 1.807) is 0 Å². The molecule has 1 N–H and O–H groups in total. The maximum Gasteiger partial charge on any atom is 0.313 e. The summed E-state index contributed by atoms with van der Waals surface area (Å²) in [4.78, 5) is 10.6. The second-order valence-electron chi connectivity index (χ2n) is 4.32. The Hall–Kier alpha value is -1.41. The number of nitrogens with zero attached hydrogens (tertiary/aromatic N) is 4. The molecule has 0 fully saturated rings. The summed E-state index contributed by atoms with van der Waals surface area (Å²) < 4.78 is 2.65. The molecule has 2 rings (SSSR count). The lowest BCUT2D eigenvalue weighted by Crippen LogP contribution is -2.01. The molecule has 0 bridgehead atoms. The number of aryl methyl sites for hydroxylation is 2.